The van der Waals surface area contributed by atoms with Crippen molar-refractivity contribution in [2.75, 3.05) is 13.9 Å². The zero-order valence-corrected chi connectivity index (χ0v) is 15.8. The average molecular weight is 387 g/mol. The summed E-state index contributed by atoms with van der Waals surface area (Å²) < 4.78 is 16.5. The SMILES string of the molecule is COc1ccc(CN2C(=O)[C@@H](Cc3ccc4c(c3)OCO4)SC2=S)cc1. The third kappa shape index (κ3) is 3.37. The fraction of sp³-hybridized carbons (Fsp3) is 0.263. The number of amides is 1. The predicted octanol–water partition coefficient (Wildman–Crippen LogP) is 3.40. The van der Waals surface area contributed by atoms with Crippen LogP contribution in [-0.4, -0.2) is 34.3 Å². The topological polar surface area (TPSA) is 48.0 Å². The lowest BCUT2D eigenvalue weighted by Gasteiger charge is -2.16. The Morgan fingerprint density at radius 2 is 1.88 bits per heavy atom. The van der Waals surface area contributed by atoms with Crippen molar-refractivity contribution in [3.8, 4) is 17.2 Å². The highest BCUT2D eigenvalue weighted by molar-refractivity contribution is 8.24. The maximum absolute atomic E-state index is 12.8. The molecule has 1 atom stereocenters. The van der Waals surface area contributed by atoms with E-state index >= 15 is 0 Å². The van der Waals surface area contributed by atoms with E-state index in [1.807, 2.05) is 42.5 Å². The summed E-state index contributed by atoms with van der Waals surface area (Å²) in [6.07, 6.45) is 0.611. The molecule has 1 amide bonds. The number of hydrogen-bond acceptors (Lipinski definition) is 6. The fourth-order valence-corrected chi connectivity index (χ4v) is 4.50. The number of carbonyl (C=O) groups excluding carboxylic acids is 1. The van der Waals surface area contributed by atoms with Crippen LogP contribution in [-0.2, 0) is 17.8 Å². The van der Waals surface area contributed by atoms with Crippen LogP contribution in [0.2, 0.25) is 0 Å². The normalized spacial score (nSPS) is 18.5. The van der Waals surface area contributed by atoms with E-state index in [1.165, 1.54) is 11.8 Å². The summed E-state index contributed by atoms with van der Waals surface area (Å²) in [5, 5.41) is -0.207. The molecule has 0 radical (unpaired) electrons. The van der Waals surface area contributed by atoms with Gasteiger partial charge in [-0.05, 0) is 41.8 Å². The Morgan fingerprint density at radius 1 is 1.15 bits per heavy atom. The first-order valence-electron chi connectivity index (χ1n) is 8.17. The van der Waals surface area contributed by atoms with Gasteiger partial charge in [0, 0.05) is 0 Å². The van der Waals surface area contributed by atoms with Crippen LogP contribution < -0.4 is 14.2 Å². The lowest BCUT2D eigenvalue weighted by atomic mass is 10.1. The van der Waals surface area contributed by atoms with Crippen LogP contribution in [0.3, 0.4) is 0 Å². The number of carbonyl (C=O) groups is 1. The van der Waals surface area contributed by atoms with E-state index < -0.39 is 0 Å². The molecule has 134 valence electrons. The van der Waals surface area contributed by atoms with Crippen molar-refractivity contribution in [3.63, 3.8) is 0 Å². The fourth-order valence-electron chi connectivity index (χ4n) is 2.97. The Labute approximate surface area is 161 Å². The van der Waals surface area contributed by atoms with Gasteiger partial charge in [-0.15, -0.1) is 0 Å². The largest absolute Gasteiger partial charge is 0.497 e. The first kappa shape index (κ1) is 17.2. The Hall–Kier alpha value is -2.25. The van der Waals surface area contributed by atoms with Gasteiger partial charge in [0.25, 0.3) is 0 Å². The lowest BCUT2D eigenvalue weighted by molar-refractivity contribution is -0.126. The zero-order chi connectivity index (χ0) is 18.1. The van der Waals surface area contributed by atoms with Crippen LogP contribution >= 0.6 is 24.0 Å². The molecule has 0 aliphatic carbocycles. The molecule has 2 aromatic carbocycles. The number of fused-ring (bicyclic) bond motifs is 1. The minimum absolute atomic E-state index is 0.0495. The summed E-state index contributed by atoms with van der Waals surface area (Å²) in [5.74, 6) is 2.32. The standard InChI is InChI=1S/C19H17NO4S2/c1-22-14-5-2-12(3-6-14)10-20-18(21)17(26-19(20)25)9-13-4-7-15-16(8-13)24-11-23-15/h2-8,17H,9-11H2,1H3/t17-/m1/s1. The molecule has 2 heterocycles. The van der Waals surface area contributed by atoms with E-state index in [4.69, 9.17) is 26.4 Å². The van der Waals surface area contributed by atoms with Crippen molar-refractivity contribution in [2.45, 2.75) is 18.2 Å². The maximum atomic E-state index is 12.8. The van der Waals surface area contributed by atoms with Gasteiger partial charge < -0.3 is 14.2 Å². The molecular formula is C19H17NO4S2. The summed E-state index contributed by atoms with van der Waals surface area (Å²) in [7, 11) is 1.63. The molecule has 2 aromatic rings. The van der Waals surface area contributed by atoms with E-state index in [9.17, 15) is 4.79 Å². The van der Waals surface area contributed by atoms with Crippen LogP contribution in [0.15, 0.2) is 42.5 Å². The molecule has 26 heavy (non-hydrogen) atoms. The number of rotatable bonds is 5. The Morgan fingerprint density at radius 3 is 2.65 bits per heavy atom. The van der Waals surface area contributed by atoms with Gasteiger partial charge in [-0.1, -0.05) is 42.2 Å². The average Bonchev–Trinajstić information content (AvgIpc) is 3.22. The third-order valence-electron chi connectivity index (χ3n) is 4.36. The van der Waals surface area contributed by atoms with Crippen molar-refractivity contribution in [3.05, 3.63) is 53.6 Å². The lowest BCUT2D eigenvalue weighted by Crippen LogP contribution is -2.31. The second kappa shape index (κ2) is 7.17. The van der Waals surface area contributed by atoms with Crippen LogP contribution in [0.1, 0.15) is 11.1 Å². The smallest absolute Gasteiger partial charge is 0.242 e. The molecular weight excluding hydrogens is 370 g/mol. The number of hydrogen-bond donors (Lipinski definition) is 0. The molecule has 2 aliphatic rings. The molecule has 1 fully saturated rings. The van der Waals surface area contributed by atoms with Crippen molar-refractivity contribution in [1.82, 2.24) is 4.90 Å². The van der Waals surface area contributed by atoms with E-state index in [0.717, 1.165) is 28.4 Å². The molecule has 0 saturated carbocycles. The zero-order valence-electron chi connectivity index (χ0n) is 14.1. The maximum Gasteiger partial charge on any atom is 0.242 e. The second-order valence-electron chi connectivity index (χ2n) is 6.04. The van der Waals surface area contributed by atoms with Crippen molar-refractivity contribution in [2.24, 2.45) is 0 Å². The molecule has 0 spiro atoms. The molecule has 0 unspecified atom stereocenters. The molecule has 0 bridgehead atoms. The minimum atomic E-state index is -0.207. The highest BCUT2D eigenvalue weighted by Crippen LogP contribution is 2.35. The number of methoxy groups -OCH3 is 1. The number of thioether (sulfide) groups is 1. The number of nitrogens with zero attached hydrogens (tertiary/aromatic N) is 1. The van der Waals surface area contributed by atoms with Gasteiger partial charge in [0.05, 0.1) is 18.9 Å². The van der Waals surface area contributed by atoms with Crippen LogP contribution in [0.5, 0.6) is 17.2 Å². The number of benzene rings is 2. The number of thiocarbonyl (C=S) groups is 1. The highest BCUT2D eigenvalue weighted by atomic mass is 32.2. The van der Waals surface area contributed by atoms with Crippen molar-refractivity contribution >= 4 is 34.2 Å². The van der Waals surface area contributed by atoms with E-state index in [1.54, 1.807) is 12.0 Å². The van der Waals surface area contributed by atoms with Crippen molar-refractivity contribution in [1.29, 1.82) is 0 Å². The van der Waals surface area contributed by atoms with Crippen molar-refractivity contribution < 1.29 is 19.0 Å². The first-order chi connectivity index (χ1) is 12.6. The van der Waals surface area contributed by atoms with Crippen LogP contribution in [0.25, 0.3) is 0 Å². The van der Waals surface area contributed by atoms with Gasteiger partial charge in [-0.25, -0.2) is 0 Å². The molecule has 2 aliphatic heterocycles. The highest BCUT2D eigenvalue weighted by Gasteiger charge is 2.37. The molecule has 4 rings (SSSR count). The first-order valence-corrected chi connectivity index (χ1v) is 9.46. The third-order valence-corrected chi connectivity index (χ3v) is 5.95. The Balaban J connectivity index is 1.44. The Kier molecular flexibility index (Phi) is 4.74. The Bertz CT molecular complexity index is 853. The van der Waals surface area contributed by atoms with Gasteiger partial charge in [-0.3, -0.25) is 9.69 Å². The summed E-state index contributed by atoms with van der Waals surface area (Å²) in [6, 6.07) is 13.5. The van der Waals surface area contributed by atoms with Gasteiger partial charge >= 0.3 is 0 Å². The van der Waals surface area contributed by atoms with Gasteiger partial charge in [0.2, 0.25) is 12.7 Å². The van der Waals surface area contributed by atoms with E-state index in [0.29, 0.717) is 17.3 Å². The van der Waals surface area contributed by atoms with Crippen LogP contribution in [0, 0.1) is 0 Å². The molecule has 7 heteroatoms. The predicted molar refractivity (Wildman–Crippen MR) is 104 cm³/mol. The molecule has 1 saturated heterocycles. The molecule has 5 nitrogen and oxygen atoms in total. The monoisotopic (exact) mass is 387 g/mol. The summed E-state index contributed by atoms with van der Waals surface area (Å²) in [4.78, 5) is 14.5. The minimum Gasteiger partial charge on any atom is -0.497 e. The second-order valence-corrected chi connectivity index (χ2v) is 7.87. The molecule has 0 aromatic heterocycles. The number of ether oxygens (including phenoxy) is 3. The van der Waals surface area contributed by atoms with E-state index in [-0.39, 0.29) is 18.0 Å². The van der Waals surface area contributed by atoms with E-state index in [2.05, 4.69) is 0 Å². The van der Waals surface area contributed by atoms with Gasteiger partial charge in [0.1, 0.15) is 10.1 Å². The molecule has 0 N–H and O–H groups in total. The van der Waals surface area contributed by atoms with Crippen LogP contribution in [0.4, 0.5) is 0 Å². The van der Waals surface area contributed by atoms with Gasteiger partial charge in [0.15, 0.2) is 11.5 Å². The summed E-state index contributed by atoms with van der Waals surface area (Å²) in [6.45, 7) is 0.724. The summed E-state index contributed by atoms with van der Waals surface area (Å²) >= 11 is 6.88. The summed E-state index contributed by atoms with van der Waals surface area (Å²) in [5.41, 5.74) is 2.06. The van der Waals surface area contributed by atoms with Gasteiger partial charge in [-0.2, -0.15) is 0 Å². The quantitative estimate of drug-likeness (QED) is 0.733.